The maximum Gasteiger partial charge on any atom is 0.322 e. The van der Waals surface area contributed by atoms with Gasteiger partial charge in [-0.25, -0.2) is 4.79 Å². The minimum Gasteiger partial charge on any atom is -0.314 e. The summed E-state index contributed by atoms with van der Waals surface area (Å²) < 4.78 is 1.92. The summed E-state index contributed by atoms with van der Waals surface area (Å²) >= 11 is 0. The number of benzene rings is 1. The van der Waals surface area contributed by atoms with E-state index < -0.39 is 0 Å². The van der Waals surface area contributed by atoms with Crippen LogP contribution in [0, 0.1) is 0 Å². The molecule has 0 bridgehead atoms. The number of nitrogens with one attached hydrogen (secondary N) is 2. The molecular formula is C16H20N8O. The van der Waals surface area contributed by atoms with Crippen molar-refractivity contribution < 1.29 is 4.79 Å². The number of rotatable bonds is 3. The average Bonchev–Trinajstić information content (AvgIpc) is 3.32. The van der Waals surface area contributed by atoms with Gasteiger partial charge in [-0.3, -0.25) is 4.68 Å². The van der Waals surface area contributed by atoms with Gasteiger partial charge < -0.3 is 10.2 Å². The van der Waals surface area contributed by atoms with E-state index in [4.69, 9.17) is 0 Å². The third-order valence-electron chi connectivity index (χ3n) is 4.48. The average molecular weight is 340 g/mol. The topological polar surface area (TPSA) is 105 Å². The Hall–Kier alpha value is -2.97. The number of fused-ring (bicyclic) bond motifs is 1. The second kappa shape index (κ2) is 6.15. The first-order valence-corrected chi connectivity index (χ1v) is 8.41. The quantitative estimate of drug-likeness (QED) is 0.762. The largest absolute Gasteiger partial charge is 0.322 e. The van der Waals surface area contributed by atoms with Crippen LogP contribution in [0.5, 0.6) is 0 Å². The normalized spacial score (nSPS) is 17.6. The first kappa shape index (κ1) is 15.6. The fourth-order valence-corrected chi connectivity index (χ4v) is 3.17. The number of H-pyrrole nitrogens is 1. The molecule has 1 fully saturated rings. The van der Waals surface area contributed by atoms with Crippen LogP contribution in [0.25, 0.3) is 10.9 Å². The fourth-order valence-electron chi connectivity index (χ4n) is 3.17. The van der Waals surface area contributed by atoms with E-state index in [0.717, 1.165) is 29.4 Å². The van der Waals surface area contributed by atoms with Crippen molar-refractivity contribution in [1.29, 1.82) is 0 Å². The lowest BCUT2D eigenvalue weighted by Crippen LogP contribution is -2.34. The van der Waals surface area contributed by atoms with Crippen molar-refractivity contribution in [3.05, 3.63) is 30.2 Å². The summed E-state index contributed by atoms with van der Waals surface area (Å²) in [5, 5.41) is 22.6. The maximum atomic E-state index is 12.7. The van der Waals surface area contributed by atoms with Crippen LogP contribution in [0.3, 0.4) is 0 Å². The first-order valence-electron chi connectivity index (χ1n) is 8.41. The number of aromatic nitrogens is 6. The number of urea groups is 1. The number of carbonyl (C=O) groups is 1. The monoisotopic (exact) mass is 340 g/mol. The molecular weight excluding hydrogens is 320 g/mol. The summed E-state index contributed by atoms with van der Waals surface area (Å²) in [6.07, 6.45) is 3.76. The highest BCUT2D eigenvalue weighted by Crippen LogP contribution is 2.30. The molecule has 1 aromatic carbocycles. The minimum absolute atomic E-state index is 0.133. The molecule has 1 aliphatic heterocycles. The van der Waals surface area contributed by atoms with Crippen LogP contribution < -0.4 is 5.32 Å². The van der Waals surface area contributed by atoms with Crippen molar-refractivity contribution in [2.75, 3.05) is 11.9 Å². The van der Waals surface area contributed by atoms with Crippen LogP contribution in [0.2, 0.25) is 0 Å². The van der Waals surface area contributed by atoms with Gasteiger partial charge in [0.1, 0.15) is 0 Å². The van der Waals surface area contributed by atoms with Crippen LogP contribution in [0.4, 0.5) is 10.5 Å². The van der Waals surface area contributed by atoms with E-state index in [1.807, 2.05) is 29.1 Å². The Labute approximate surface area is 144 Å². The third-order valence-corrected chi connectivity index (χ3v) is 4.48. The smallest absolute Gasteiger partial charge is 0.314 e. The summed E-state index contributed by atoms with van der Waals surface area (Å²) in [6, 6.07) is 5.75. The number of hydrogen-bond acceptors (Lipinski definition) is 5. The number of nitrogens with zero attached hydrogens (tertiary/aromatic N) is 6. The van der Waals surface area contributed by atoms with Gasteiger partial charge in [0.05, 0.1) is 11.6 Å². The van der Waals surface area contributed by atoms with Crippen molar-refractivity contribution in [2.24, 2.45) is 0 Å². The molecule has 1 unspecified atom stereocenters. The predicted molar refractivity (Wildman–Crippen MR) is 92.0 cm³/mol. The Balaban J connectivity index is 1.53. The van der Waals surface area contributed by atoms with Gasteiger partial charge in [0.25, 0.3) is 0 Å². The van der Waals surface area contributed by atoms with E-state index in [2.05, 4.69) is 44.9 Å². The van der Waals surface area contributed by atoms with Crippen LogP contribution in [0.1, 0.15) is 44.6 Å². The Morgan fingerprint density at radius 2 is 2.28 bits per heavy atom. The molecule has 4 rings (SSSR count). The third kappa shape index (κ3) is 2.92. The first-order chi connectivity index (χ1) is 12.1. The number of amides is 2. The van der Waals surface area contributed by atoms with Gasteiger partial charge in [-0.05, 0) is 44.9 Å². The summed E-state index contributed by atoms with van der Waals surface area (Å²) in [7, 11) is 0. The molecule has 1 aliphatic rings. The lowest BCUT2D eigenvalue weighted by molar-refractivity contribution is 0.205. The Kier molecular flexibility index (Phi) is 3.83. The van der Waals surface area contributed by atoms with E-state index in [1.165, 1.54) is 0 Å². The SMILES string of the molecule is CC(C)n1cc2cc(NC(=O)N3CCCC3c3nn[nH]n3)ccc2n1. The number of hydrogen-bond donors (Lipinski definition) is 2. The number of carbonyl (C=O) groups excluding carboxylic acids is 1. The van der Waals surface area contributed by atoms with Crippen molar-refractivity contribution in [3.8, 4) is 0 Å². The molecule has 1 atom stereocenters. The van der Waals surface area contributed by atoms with Crippen LogP contribution in [-0.4, -0.2) is 47.9 Å². The van der Waals surface area contributed by atoms with Gasteiger partial charge in [0.15, 0.2) is 5.82 Å². The number of aromatic amines is 1. The van der Waals surface area contributed by atoms with Gasteiger partial charge >= 0.3 is 6.03 Å². The molecule has 2 N–H and O–H groups in total. The summed E-state index contributed by atoms with van der Waals surface area (Å²) in [4.78, 5) is 14.4. The zero-order valence-corrected chi connectivity index (χ0v) is 14.2. The number of anilines is 1. The molecule has 2 aromatic heterocycles. The maximum absolute atomic E-state index is 12.7. The highest BCUT2D eigenvalue weighted by Gasteiger charge is 2.32. The van der Waals surface area contributed by atoms with Crippen LogP contribution >= 0.6 is 0 Å². The van der Waals surface area contributed by atoms with Crippen LogP contribution in [-0.2, 0) is 0 Å². The summed E-state index contributed by atoms with van der Waals surface area (Å²) in [5.41, 5.74) is 1.66. The predicted octanol–water partition coefficient (Wildman–Crippen LogP) is 2.50. The summed E-state index contributed by atoms with van der Waals surface area (Å²) in [5.74, 6) is 0.557. The molecule has 1 saturated heterocycles. The molecule has 9 heteroatoms. The van der Waals surface area contributed by atoms with Gasteiger partial charge in [0.2, 0.25) is 0 Å². The van der Waals surface area contributed by atoms with E-state index in [-0.39, 0.29) is 12.1 Å². The number of likely N-dealkylation sites (tertiary alicyclic amines) is 1. The molecule has 3 aromatic rings. The molecule has 0 radical (unpaired) electrons. The molecule has 3 heterocycles. The Morgan fingerprint density at radius 1 is 1.40 bits per heavy atom. The van der Waals surface area contributed by atoms with Gasteiger partial charge in [-0.1, -0.05) is 5.21 Å². The lowest BCUT2D eigenvalue weighted by Gasteiger charge is -2.22. The molecule has 9 nitrogen and oxygen atoms in total. The highest BCUT2D eigenvalue weighted by molar-refractivity contribution is 5.92. The van der Waals surface area contributed by atoms with Crippen molar-refractivity contribution in [3.63, 3.8) is 0 Å². The molecule has 2 amide bonds. The molecule has 0 saturated carbocycles. The van der Waals surface area contributed by atoms with E-state index in [9.17, 15) is 4.79 Å². The highest BCUT2D eigenvalue weighted by atomic mass is 16.2. The minimum atomic E-state index is -0.150. The van der Waals surface area contributed by atoms with Crippen molar-refractivity contribution in [2.45, 2.75) is 38.8 Å². The van der Waals surface area contributed by atoms with E-state index >= 15 is 0 Å². The van der Waals surface area contributed by atoms with Crippen molar-refractivity contribution >= 4 is 22.6 Å². The van der Waals surface area contributed by atoms with Crippen molar-refractivity contribution in [1.82, 2.24) is 35.3 Å². The Bertz CT molecular complexity index is 885. The van der Waals surface area contributed by atoms with Gasteiger partial charge in [-0.2, -0.15) is 10.3 Å². The van der Waals surface area contributed by atoms with Gasteiger partial charge in [-0.15, -0.1) is 10.2 Å². The molecule has 130 valence electrons. The fraction of sp³-hybridized carbons (Fsp3) is 0.438. The molecule has 0 spiro atoms. The summed E-state index contributed by atoms with van der Waals surface area (Å²) in [6.45, 7) is 4.85. The zero-order valence-electron chi connectivity index (χ0n) is 14.2. The second-order valence-corrected chi connectivity index (χ2v) is 6.53. The van der Waals surface area contributed by atoms with E-state index in [0.29, 0.717) is 18.4 Å². The van der Waals surface area contributed by atoms with Gasteiger partial charge in [0, 0.05) is 29.9 Å². The zero-order chi connectivity index (χ0) is 17.4. The number of tetrazole rings is 1. The standard InChI is InChI=1S/C16H20N8O/c1-10(2)24-9-11-8-12(5-6-13(11)20-24)17-16(25)23-7-3-4-14(23)15-18-21-22-19-15/h5-6,8-10,14H,3-4,7H2,1-2H3,(H,17,25)(H,18,19,21,22). The van der Waals surface area contributed by atoms with Crippen LogP contribution in [0.15, 0.2) is 24.4 Å². The Morgan fingerprint density at radius 3 is 3.04 bits per heavy atom. The molecule has 0 aliphatic carbocycles. The lowest BCUT2D eigenvalue weighted by atomic mass is 10.2. The molecule has 25 heavy (non-hydrogen) atoms. The second-order valence-electron chi connectivity index (χ2n) is 6.53. The van der Waals surface area contributed by atoms with E-state index in [1.54, 1.807) is 4.90 Å².